The van der Waals surface area contributed by atoms with Gasteiger partial charge in [0.05, 0.1) is 0 Å². The van der Waals surface area contributed by atoms with Gasteiger partial charge in [0, 0.05) is 0 Å². The Kier molecular flexibility index (Phi) is 7.66. The second kappa shape index (κ2) is 10.0. The monoisotopic (exact) mass is 306 g/mol. The molecule has 0 saturated carbocycles. The molecule has 0 radical (unpaired) electrons. The van der Waals surface area contributed by atoms with Crippen LogP contribution < -0.4 is 0 Å². The largest absolute Gasteiger partial charge is 0.103 e. The van der Waals surface area contributed by atoms with Crippen LogP contribution in [-0.4, -0.2) is 0 Å². The van der Waals surface area contributed by atoms with Gasteiger partial charge in [-0.05, 0) is 41.5 Å². The Hall–Kier alpha value is -1.82. The molecule has 0 spiro atoms. The fourth-order valence-corrected chi connectivity index (χ4v) is 3.15. The van der Waals surface area contributed by atoms with Crippen molar-refractivity contribution in [3.05, 3.63) is 72.3 Å². The zero-order valence-corrected chi connectivity index (χ0v) is 14.6. The van der Waals surface area contributed by atoms with Gasteiger partial charge in [-0.15, -0.1) is 6.58 Å². The molecule has 1 aliphatic rings. The summed E-state index contributed by atoms with van der Waals surface area (Å²) in [6, 6.07) is 17.3. The molecule has 2 aromatic rings. The Bertz CT molecular complexity index is 551. The molecule has 3 rings (SSSR count). The first kappa shape index (κ1) is 17.5. The van der Waals surface area contributed by atoms with Crippen LogP contribution in [0.15, 0.2) is 61.2 Å². The van der Waals surface area contributed by atoms with Crippen molar-refractivity contribution in [1.82, 2.24) is 0 Å². The summed E-state index contributed by atoms with van der Waals surface area (Å²) in [6.07, 6.45) is 12.7. The van der Waals surface area contributed by atoms with Crippen molar-refractivity contribution in [1.29, 1.82) is 0 Å². The van der Waals surface area contributed by atoms with Gasteiger partial charge in [0.1, 0.15) is 0 Å². The maximum atomic E-state index is 3.69. The van der Waals surface area contributed by atoms with Crippen molar-refractivity contribution in [3.8, 4) is 11.1 Å². The molecule has 0 unspecified atom stereocenters. The highest BCUT2D eigenvalue weighted by molar-refractivity contribution is 5.76. The summed E-state index contributed by atoms with van der Waals surface area (Å²) in [5.74, 6) is 0. The summed E-state index contributed by atoms with van der Waals surface area (Å²) >= 11 is 0. The van der Waals surface area contributed by atoms with Gasteiger partial charge < -0.3 is 0 Å². The molecular weight excluding hydrogens is 276 g/mol. The molecular formula is C23H30. The molecule has 0 atom stereocenters. The van der Waals surface area contributed by atoms with E-state index in [4.69, 9.17) is 0 Å². The van der Waals surface area contributed by atoms with Crippen molar-refractivity contribution in [3.63, 3.8) is 0 Å². The quantitative estimate of drug-likeness (QED) is 0.320. The van der Waals surface area contributed by atoms with Crippen molar-refractivity contribution >= 4 is 0 Å². The number of hydrogen-bond donors (Lipinski definition) is 0. The molecule has 23 heavy (non-hydrogen) atoms. The summed E-state index contributed by atoms with van der Waals surface area (Å²) in [7, 11) is 0. The summed E-state index contributed by atoms with van der Waals surface area (Å²) in [4.78, 5) is 0. The second-order valence-electron chi connectivity index (χ2n) is 6.34. The zero-order chi connectivity index (χ0) is 16.3. The number of allylic oxidation sites excluding steroid dienone is 1. The van der Waals surface area contributed by atoms with Crippen LogP contribution in [0.4, 0.5) is 0 Å². The number of benzene rings is 2. The maximum Gasteiger partial charge on any atom is -0.00135 e. The van der Waals surface area contributed by atoms with Crippen LogP contribution in [0.2, 0.25) is 0 Å². The van der Waals surface area contributed by atoms with Gasteiger partial charge in [-0.1, -0.05) is 93.6 Å². The molecule has 0 nitrogen and oxygen atoms in total. The minimum atomic E-state index is 1.10. The zero-order valence-electron chi connectivity index (χ0n) is 14.6. The minimum Gasteiger partial charge on any atom is -0.103 e. The molecule has 0 heterocycles. The van der Waals surface area contributed by atoms with E-state index in [1.165, 1.54) is 67.2 Å². The van der Waals surface area contributed by atoms with Gasteiger partial charge in [-0.3, -0.25) is 0 Å². The SMILES string of the molecule is C=CCCCCCCCC.c1ccc2c(c1)Cc1ccccc1-2. The van der Waals surface area contributed by atoms with E-state index in [0.29, 0.717) is 0 Å². The number of unbranched alkanes of at least 4 members (excludes halogenated alkanes) is 6. The van der Waals surface area contributed by atoms with Gasteiger partial charge in [0.15, 0.2) is 0 Å². The van der Waals surface area contributed by atoms with Gasteiger partial charge in [0.25, 0.3) is 0 Å². The highest BCUT2D eigenvalue weighted by atomic mass is 14.2. The third kappa shape index (κ3) is 5.39. The fourth-order valence-electron chi connectivity index (χ4n) is 3.15. The molecule has 0 amide bonds. The van der Waals surface area contributed by atoms with E-state index in [0.717, 1.165) is 6.42 Å². The Morgan fingerprint density at radius 2 is 1.30 bits per heavy atom. The number of hydrogen-bond acceptors (Lipinski definition) is 0. The first-order chi connectivity index (χ1) is 11.4. The van der Waals surface area contributed by atoms with Crippen LogP contribution in [0.5, 0.6) is 0 Å². The smallest absolute Gasteiger partial charge is 0.00135 e. The summed E-state index contributed by atoms with van der Waals surface area (Å²) in [6.45, 7) is 5.95. The number of fused-ring (bicyclic) bond motifs is 3. The predicted molar refractivity (Wildman–Crippen MR) is 103 cm³/mol. The van der Waals surface area contributed by atoms with E-state index in [1.54, 1.807) is 0 Å². The van der Waals surface area contributed by atoms with E-state index < -0.39 is 0 Å². The third-order valence-electron chi connectivity index (χ3n) is 4.47. The first-order valence-corrected chi connectivity index (χ1v) is 9.14. The van der Waals surface area contributed by atoms with E-state index in [-0.39, 0.29) is 0 Å². The highest BCUT2D eigenvalue weighted by Crippen LogP contribution is 2.35. The van der Waals surface area contributed by atoms with Gasteiger partial charge in [-0.25, -0.2) is 0 Å². The van der Waals surface area contributed by atoms with E-state index in [2.05, 4.69) is 62.0 Å². The molecule has 1 aliphatic carbocycles. The third-order valence-corrected chi connectivity index (χ3v) is 4.47. The molecule has 0 saturated heterocycles. The Balaban J connectivity index is 0.000000175. The van der Waals surface area contributed by atoms with Crippen LogP contribution >= 0.6 is 0 Å². The van der Waals surface area contributed by atoms with Gasteiger partial charge >= 0.3 is 0 Å². The molecule has 0 aliphatic heterocycles. The van der Waals surface area contributed by atoms with E-state index in [9.17, 15) is 0 Å². The molecule has 0 bridgehead atoms. The summed E-state index contributed by atoms with van der Waals surface area (Å²) in [5, 5.41) is 0. The van der Waals surface area contributed by atoms with Crippen molar-refractivity contribution in [2.75, 3.05) is 0 Å². The molecule has 2 aromatic carbocycles. The normalized spacial score (nSPS) is 11.2. The Morgan fingerprint density at radius 3 is 1.87 bits per heavy atom. The average Bonchev–Trinajstić information content (AvgIpc) is 2.97. The Labute approximate surface area is 142 Å². The Morgan fingerprint density at radius 1 is 0.783 bits per heavy atom. The van der Waals surface area contributed by atoms with Crippen molar-refractivity contribution in [2.45, 2.75) is 58.3 Å². The van der Waals surface area contributed by atoms with Gasteiger partial charge in [0.2, 0.25) is 0 Å². The average molecular weight is 306 g/mol. The topological polar surface area (TPSA) is 0 Å². The standard InChI is InChI=1S/C13H10.C10H20/c1-3-7-12-10(5-1)9-11-6-2-4-8-13(11)12;1-3-5-7-9-10-8-6-4-2/h1-8H,9H2;3H,1,4-10H2,2H3. The lowest BCUT2D eigenvalue weighted by molar-refractivity contribution is 0.611. The lowest BCUT2D eigenvalue weighted by atomic mass is 10.1. The molecule has 0 heteroatoms. The van der Waals surface area contributed by atoms with Crippen LogP contribution in [0.3, 0.4) is 0 Å². The molecule has 0 N–H and O–H groups in total. The number of rotatable bonds is 7. The maximum absolute atomic E-state index is 3.69. The highest BCUT2D eigenvalue weighted by Gasteiger charge is 2.15. The van der Waals surface area contributed by atoms with Crippen LogP contribution in [0.25, 0.3) is 11.1 Å². The van der Waals surface area contributed by atoms with E-state index >= 15 is 0 Å². The van der Waals surface area contributed by atoms with Gasteiger partial charge in [-0.2, -0.15) is 0 Å². The van der Waals surface area contributed by atoms with Crippen molar-refractivity contribution < 1.29 is 0 Å². The predicted octanol–water partition coefficient (Wildman–Crippen LogP) is 7.18. The van der Waals surface area contributed by atoms with Crippen LogP contribution in [-0.2, 0) is 6.42 Å². The lowest BCUT2D eigenvalue weighted by Gasteiger charge is -1.98. The van der Waals surface area contributed by atoms with Crippen LogP contribution in [0, 0.1) is 0 Å². The van der Waals surface area contributed by atoms with Crippen molar-refractivity contribution in [2.24, 2.45) is 0 Å². The fraction of sp³-hybridized carbons (Fsp3) is 0.391. The van der Waals surface area contributed by atoms with E-state index in [1.807, 2.05) is 6.08 Å². The molecule has 122 valence electrons. The summed E-state index contributed by atoms with van der Waals surface area (Å²) < 4.78 is 0. The lowest BCUT2D eigenvalue weighted by Crippen LogP contribution is -1.77. The molecule has 0 fully saturated rings. The minimum absolute atomic E-state index is 1.10. The first-order valence-electron chi connectivity index (χ1n) is 9.14. The summed E-state index contributed by atoms with van der Waals surface area (Å²) in [5.41, 5.74) is 5.75. The molecule has 0 aromatic heterocycles. The second-order valence-corrected chi connectivity index (χ2v) is 6.34. The van der Waals surface area contributed by atoms with Crippen LogP contribution in [0.1, 0.15) is 63.0 Å².